The summed E-state index contributed by atoms with van der Waals surface area (Å²) in [6.07, 6.45) is -5.22. The predicted octanol–water partition coefficient (Wildman–Crippen LogP) is 4.10. The SMILES string of the molecule is O=[N+]([O-])c1cccc(S(=O)(=O)c2cccc(Cl)c2)c1C(F)(F)F. The van der Waals surface area contributed by atoms with E-state index in [1.807, 2.05) is 0 Å². The van der Waals surface area contributed by atoms with Crippen LogP contribution < -0.4 is 0 Å². The number of halogens is 4. The van der Waals surface area contributed by atoms with E-state index in [1.54, 1.807) is 0 Å². The Balaban J connectivity index is 2.83. The molecule has 2 aromatic carbocycles. The van der Waals surface area contributed by atoms with E-state index in [2.05, 4.69) is 0 Å². The molecule has 2 rings (SSSR count). The minimum atomic E-state index is -5.22. The summed E-state index contributed by atoms with van der Waals surface area (Å²) in [6.45, 7) is 0. The molecular formula is C13H7ClF3NO4S. The molecule has 0 aliphatic heterocycles. The number of hydrogen-bond acceptors (Lipinski definition) is 4. The number of nitro benzene ring substituents is 1. The van der Waals surface area contributed by atoms with Crippen molar-refractivity contribution in [3.63, 3.8) is 0 Å². The third kappa shape index (κ3) is 3.30. The highest BCUT2D eigenvalue weighted by atomic mass is 35.5. The summed E-state index contributed by atoms with van der Waals surface area (Å²) < 4.78 is 64.5. The Labute approximate surface area is 133 Å². The van der Waals surface area contributed by atoms with Gasteiger partial charge >= 0.3 is 6.18 Å². The molecule has 0 unspecified atom stereocenters. The molecule has 0 bridgehead atoms. The monoisotopic (exact) mass is 365 g/mol. The first-order chi connectivity index (χ1) is 10.5. The second kappa shape index (κ2) is 5.82. The van der Waals surface area contributed by atoms with Crippen molar-refractivity contribution >= 4 is 27.1 Å². The van der Waals surface area contributed by atoms with Crippen molar-refractivity contribution in [2.75, 3.05) is 0 Å². The molecule has 0 spiro atoms. The molecule has 0 heterocycles. The van der Waals surface area contributed by atoms with Gasteiger partial charge in [0, 0.05) is 11.1 Å². The first-order valence-electron chi connectivity index (χ1n) is 5.90. The van der Waals surface area contributed by atoms with Crippen molar-refractivity contribution in [1.29, 1.82) is 0 Å². The second-order valence-electron chi connectivity index (χ2n) is 4.37. The average molecular weight is 366 g/mol. The van der Waals surface area contributed by atoms with Crippen LogP contribution in [0.5, 0.6) is 0 Å². The fourth-order valence-corrected chi connectivity index (χ4v) is 3.74. The van der Waals surface area contributed by atoms with Crippen LogP contribution in [0.15, 0.2) is 52.3 Å². The molecule has 23 heavy (non-hydrogen) atoms. The number of alkyl halides is 3. The zero-order valence-electron chi connectivity index (χ0n) is 11.0. The van der Waals surface area contributed by atoms with E-state index in [-0.39, 0.29) is 5.02 Å². The zero-order chi connectivity index (χ0) is 17.4. The van der Waals surface area contributed by atoms with Gasteiger partial charge in [-0.15, -0.1) is 0 Å². The molecule has 0 N–H and O–H groups in total. The van der Waals surface area contributed by atoms with Gasteiger partial charge in [0.25, 0.3) is 5.69 Å². The van der Waals surface area contributed by atoms with Gasteiger partial charge in [-0.3, -0.25) is 10.1 Å². The van der Waals surface area contributed by atoms with Crippen molar-refractivity contribution in [2.24, 2.45) is 0 Å². The lowest BCUT2D eigenvalue weighted by Crippen LogP contribution is -2.16. The minimum Gasteiger partial charge on any atom is -0.258 e. The minimum absolute atomic E-state index is 0.00469. The Morgan fingerprint density at radius 3 is 2.22 bits per heavy atom. The molecule has 0 radical (unpaired) electrons. The van der Waals surface area contributed by atoms with Gasteiger partial charge in [-0.2, -0.15) is 13.2 Å². The molecule has 0 amide bonds. The number of hydrogen-bond donors (Lipinski definition) is 0. The van der Waals surface area contributed by atoms with Crippen LogP contribution in [0.3, 0.4) is 0 Å². The van der Waals surface area contributed by atoms with E-state index in [0.717, 1.165) is 18.2 Å². The van der Waals surface area contributed by atoms with Crippen LogP contribution in [-0.2, 0) is 16.0 Å². The topological polar surface area (TPSA) is 77.3 Å². The molecule has 0 atom stereocenters. The van der Waals surface area contributed by atoms with Crippen LogP contribution >= 0.6 is 11.6 Å². The van der Waals surface area contributed by atoms with Gasteiger partial charge in [0.2, 0.25) is 9.84 Å². The molecule has 0 aliphatic rings. The molecule has 0 saturated carbocycles. The molecular weight excluding hydrogens is 359 g/mol. The van der Waals surface area contributed by atoms with E-state index >= 15 is 0 Å². The van der Waals surface area contributed by atoms with E-state index < -0.39 is 42.0 Å². The molecule has 10 heteroatoms. The quantitative estimate of drug-likeness (QED) is 0.606. The maximum atomic E-state index is 13.2. The van der Waals surface area contributed by atoms with Gasteiger partial charge in [0.15, 0.2) is 5.56 Å². The smallest absolute Gasteiger partial charge is 0.258 e. The van der Waals surface area contributed by atoms with Crippen LogP contribution in [0.1, 0.15) is 5.56 Å². The summed E-state index contributed by atoms with van der Waals surface area (Å²) >= 11 is 5.65. The van der Waals surface area contributed by atoms with Gasteiger partial charge in [-0.1, -0.05) is 23.7 Å². The molecule has 0 aliphatic carbocycles. The molecule has 5 nitrogen and oxygen atoms in total. The van der Waals surface area contributed by atoms with Gasteiger partial charge in [-0.25, -0.2) is 8.42 Å². The van der Waals surface area contributed by atoms with Crippen molar-refractivity contribution < 1.29 is 26.5 Å². The molecule has 0 saturated heterocycles. The Hall–Kier alpha value is -2.13. The lowest BCUT2D eigenvalue weighted by molar-refractivity contribution is -0.388. The van der Waals surface area contributed by atoms with Crippen molar-refractivity contribution in [2.45, 2.75) is 16.0 Å². The standard InChI is InChI=1S/C13H7ClF3NO4S/c14-8-3-1-4-9(7-8)23(21,22)11-6-2-5-10(18(19)20)12(11)13(15,16)17/h1-7H. The van der Waals surface area contributed by atoms with E-state index in [4.69, 9.17) is 11.6 Å². The van der Waals surface area contributed by atoms with Crippen molar-refractivity contribution in [3.8, 4) is 0 Å². The molecule has 0 aromatic heterocycles. The van der Waals surface area contributed by atoms with E-state index in [0.29, 0.717) is 12.1 Å². The Bertz CT molecular complexity index is 881. The van der Waals surface area contributed by atoms with E-state index in [1.165, 1.54) is 12.1 Å². The highest BCUT2D eigenvalue weighted by Crippen LogP contribution is 2.41. The maximum Gasteiger partial charge on any atom is 0.424 e. The van der Waals surface area contributed by atoms with Crippen LogP contribution in [-0.4, -0.2) is 13.3 Å². The summed E-state index contributed by atoms with van der Waals surface area (Å²) in [7, 11) is -4.64. The van der Waals surface area contributed by atoms with Crippen molar-refractivity contribution in [1.82, 2.24) is 0 Å². The summed E-state index contributed by atoms with van der Waals surface area (Å²) in [4.78, 5) is 7.87. The van der Waals surface area contributed by atoms with E-state index in [9.17, 15) is 31.7 Å². The fourth-order valence-electron chi connectivity index (χ4n) is 1.94. The van der Waals surface area contributed by atoms with Crippen LogP contribution in [0.25, 0.3) is 0 Å². The summed E-state index contributed by atoms with van der Waals surface area (Å²) in [6, 6.07) is 6.77. The largest absolute Gasteiger partial charge is 0.424 e. The highest BCUT2D eigenvalue weighted by molar-refractivity contribution is 7.91. The number of nitro groups is 1. The number of benzene rings is 2. The summed E-state index contributed by atoms with van der Waals surface area (Å²) in [5, 5.41) is 10.8. The average Bonchev–Trinajstić information content (AvgIpc) is 2.45. The van der Waals surface area contributed by atoms with Crippen LogP contribution in [0, 0.1) is 10.1 Å². The zero-order valence-corrected chi connectivity index (χ0v) is 12.6. The molecule has 0 fully saturated rings. The van der Waals surface area contributed by atoms with Gasteiger partial charge in [0.05, 0.1) is 14.7 Å². The maximum absolute atomic E-state index is 13.2. The highest BCUT2D eigenvalue weighted by Gasteiger charge is 2.44. The van der Waals surface area contributed by atoms with Gasteiger partial charge in [-0.05, 0) is 24.3 Å². The van der Waals surface area contributed by atoms with Crippen LogP contribution in [0.2, 0.25) is 5.02 Å². The Morgan fingerprint density at radius 2 is 1.70 bits per heavy atom. The Kier molecular flexibility index (Phi) is 4.36. The summed E-state index contributed by atoms with van der Waals surface area (Å²) in [5.41, 5.74) is -3.15. The Morgan fingerprint density at radius 1 is 1.09 bits per heavy atom. The molecule has 122 valence electrons. The lowest BCUT2D eigenvalue weighted by Gasteiger charge is -2.13. The normalized spacial score (nSPS) is 12.2. The molecule has 2 aromatic rings. The predicted molar refractivity (Wildman–Crippen MR) is 75.0 cm³/mol. The van der Waals surface area contributed by atoms with Crippen LogP contribution in [0.4, 0.5) is 18.9 Å². The number of sulfone groups is 1. The first-order valence-corrected chi connectivity index (χ1v) is 7.76. The number of rotatable bonds is 3. The van der Waals surface area contributed by atoms with Crippen molar-refractivity contribution in [3.05, 3.63) is 63.2 Å². The summed E-state index contributed by atoms with van der Waals surface area (Å²) in [5.74, 6) is 0. The fraction of sp³-hybridized carbons (Fsp3) is 0.0769. The van der Waals surface area contributed by atoms with Gasteiger partial charge in [0.1, 0.15) is 0 Å². The third-order valence-corrected chi connectivity index (χ3v) is 4.91. The lowest BCUT2D eigenvalue weighted by atomic mass is 10.2. The first kappa shape index (κ1) is 17.2. The third-order valence-electron chi connectivity index (χ3n) is 2.88. The number of nitrogens with zero attached hydrogens (tertiary/aromatic N) is 1. The van der Waals surface area contributed by atoms with Gasteiger partial charge < -0.3 is 0 Å². The second-order valence-corrected chi connectivity index (χ2v) is 6.72.